The molecule has 1 atom stereocenters. The molecule has 1 aromatic heterocycles. The molecule has 0 bridgehead atoms. The summed E-state index contributed by atoms with van der Waals surface area (Å²) in [5.74, 6) is 0. The number of halogens is 3. The van der Waals surface area contributed by atoms with Crippen LogP contribution in [0.15, 0.2) is 11.4 Å². The van der Waals surface area contributed by atoms with E-state index in [1.807, 2.05) is 18.4 Å². The van der Waals surface area contributed by atoms with Crippen LogP contribution in [0.3, 0.4) is 0 Å². The van der Waals surface area contributed by atoms with Crippen molar-refractivity contribution in [1.82, 2.24) is 0 Å². The lowest BCUT2D eigenvalue weighted by Gasteiger charge is -2.12. The summed E-state index contributed by atoms with van der Waals surface area (Å²) in [6.07, 6.45) is -3.43. The van der Waals surface area contributed by atoms with Crippen molar-refractivity contribution < 1.29 is 13.2 Å². The second-order valence-corrected chi connectivity index (χ2v) is 4.73. The quantitative estimate of drug-likeness (QED) is 0.839. The van der Waals surface area contributed by atoms with Gasteiger partial charge in [0, 0.05) is 17.3 Å². The molecule has 92 valence electrons. The summed E-state index contributed by atoms with van der Waals surface area (Å²) >= 11 is 1.53. The standard InChI is InChI=1S/C11H16F3NS/c1-2-8-5-7-16-10(8)9(15)4-3-6-11(12,13)14/h5,7,9H,2-4,6,15H2,1H3. The van der Waals surface area contributed by atoms with E-state index < -0.39 is 12.6 Å². The van der Waals surface area contributed by atoms with E-state index in [2.05, 4.69) is 0 Å². The lowest BCUT2D eigenvalue weighted by Crippen LogP contribution is -2.13. The molecule has 0 aliphatic carbocycles. The van der Waals surface area contributed by atoms with Gasteiger partial charge in [-0.3, -0.25) is 0 Å². The topological polar surface area (TPSA) is 26.0 Å². The summed E-state index contributed by atoms with van der Waals surface area (Å²) in [4.78, 5) is 1.03. The molecule has 1 aromatic rings. The maximum absolute atomic E-state index is 12.0. The van der Waals surface area contributed by atoms with Crippen LogP contribution in [0.5, 0.6) is 0 Å². The average molecular weight is 251 g/mol. The minimum Gasteiger partial charge on any atom is -0.323 e. The molecule has 16 heavy (non-hydrogen) atoms. The van der Waals surface area contributed by atoms with E-state index in [0.717, 1.165) is 16.9 Å². The molecule has 0 saturated carbocycles. The van der Waals surface area contributed by atoms with Crippen LogP contribution in [-0.2, 0) is 6.42 Å². The van der Waals surface area contributed by atoms with Gasteiger partial charge >= 0.3 is 6.18 Å². The molecule has 1 unspecified atom stereocenters. The van der Waals surface area contributed by atoms with Gasteiger partial charge in [0.05, 0.1) is 0 Å². The Bertz CT molecular complexity index is 319. The first kappa shape index (κ1) is 13.5. The zero-order valence-corrected chi connectivity index (χ0v) is 10.00. The fourth-order valence-electron chi connectivity index (χ4n) is 1.62. The summed E-state index contributed by atoms with van der Waals surface area (Å²) in [6.45, 7) is 2.02. The molecule has 1 heterocycles. The monoisotopic (exact) mass is 251 g/mol. The predicted octanol–water partition coefficient (Wildman–Crippen LogP) is 4.04. The maximum Gasteiger partial charge on any atom is 0.389 e. The Morgan fingerprint density at radius 2 is 2.12 bits per heavy atom. The largest absolute Gasteiger partial charge is 0.389 e. The first-order chi connectivity index (χ1) is 7.44. The number of aryl methyl sites for hydroxylation is 1. The number of hydrogen-bond donors (Lipinski definition) is 1. The Balaban J connectivity index is 2.44. The molecule has 2 N–H and O–H groups in total. The van der Waals surface area contributed by atoms with Crippen LogP contribution in [-0.4, -0.2) is 6.18 Å². The van der Waals surface area contributed by atoms with E-state index in [1.54, 1.807) is 0 Å². The zero-order valence-electron chi connectivity index (χ0n) is 9.18. The SMILES string of the molecule is CCc1ccsc1C(N)CCCC(F)(F)F. The van der Waals surface area contributed by atoms with Crippen molar-refractivity contribution in [2.45, 2.75) is 44.8 Å². The van der Waals surface area contributed by atoms with Crippen LogP contribution < -0.4 is 5.73 Å². The van der Waals surface area contributed by atoms with E-state index in [9.17, 15) is 13.2 Å². The van der Waals surface area contributed by atoms with E-state index in [4.69, 9.17) is 5.73 Å². The summed E-state index contributed by atoms with van der Waals surface area (Å²) in [5, 5.41) is 1.94. The molecular formula is C11H16F3NS. The Labute approximate surface area is 97.5 Å². The first-order valence-corrected chi connectivity index (χ1v) is 6.20. The third-order valence-electron chi connectivity index (χ3n) is 2.47. The van der Waals surface area contributed by atoms with Crippen molar-refractivity contribution >= 4 is 11.3 Å². The normalized spacial score (nSPS) is 14.1. The average Bonchev–Trinajstić information content (AvgIpc) is 2.63. The van der Waals surface area contributed by atoms with Gasteiger partial charge in [-0.2, -0.15) is 13.2 Å². The lowest BCUT2D eigenvalue weighted by molar-refractivity contribution is -0.135. The van der Waals surface area contributed by atoms with Gasteiger partial charge in [0.15, 0.2) is 0 Å². The molecular weight excluding hydrogens is 235 g/mol. The van der Waals surface area contributed by atoms with E-state index in [1.165, 1.54) is 11.3 Å². The van der Waals surface area contributed by atoms with Crippen LogP contribution in [0.1, 0.15) is 42.7 Å². The van der Waals surface area contributed by atoms with Crippen molar-refractivity contribution in [3.05, 3.63) is 21.9 Å². The van der Waals surface area contributed by atoms with Gasteiger partial charge in [-0.1, -0.05) is 6.92 Å². The van der Waals surface area contributed by atoms with Crippen molar-refractivity contribution in [3.8, 4) is 0 Å². The minimum absolute atomic E-state index is 0.103. The Morgan fingerprint density at radius 3 is 2.69 bits per heavy atom. The van der Waals surface area contributed by atoms with E-state index in [0.29, 0.717) is 6.42 Å². The van der Waals surface area contributed by atoms with Crippen LogP contribution in [0.4, 0.5) is 13.2 Å². The molecule has 0 aromatic carbocycles. The highest BCUT2D eigenvalue weighted by molar-refractivity contribution is 7.10. The van der Waals surface area contributed by atoms with Crippen molar-refractivity contribution in [1.29, 1.82) is 0 Å². The fourth-order valence-corrected chi connectivity index (χ4v) is 2.65. The van der Waals surface area contributed by atoms with Gasteiger partial charge in [-0.15, -0.1) is 11.3 Å². The number of thiophene rings is 1. The number of hydrogen-bond acceptors (Lipinski definition) is 2. The Hall–Kier alpha value is -0.550. The number of alkyl halides is 3. The third kappa shape index (κ3) is 4.14. The smallest absolute Gasteiger partial charge is 0.323 e. The van der Waals surface area contributed by atoms with E-state index in [-0.39, 0.29) is 12.5 Å². The molecule has 0 fully saturated rings. The van der Waals surface area contributed by atoms with Gasteiger partial charge in [0.2, 0.25) is 0 Å². The molecule has 1 nitrogen and oxygen atoms in total. The van der Waals surface area contributed by atoms with E-state index >= 15 is 0 Å². The number of nitrogens with two attached hydrogens (primary N) is 1. The highest BCUT2D eigenvalue weighted by atomic mass is 32.1. The first-order valence-electron chi connectivity index (χ1n) is 5.32. The zero-order chi connectivity index (χ0) is 12.2. The van der Waals surface area contributed by atoms with Gasteiger partial charge in [0.1, 0.15) is 0 Å². The second-order valence-electron chi connectivity index (χ2n) is 3.78. The molecule has 0 aliphatic rings. The minimum atomic E-state index is -4.07. The number of rotatable bonds is 5. The molecule has 0 amide bonds. The summed E-state index contributed by atoms with van der Waals surface area (Å²) in [7, 11) is 0. The fraction of sp³-hybridized carbons (Fsp3) is 0.636. The van der Waals surface area contributed by atoms with Gasteiger partial charge in [-0.25, -0.2) is 0 Å². The summed E-state index contributed by atoms with van der Waals surface area (Å²) in [5.41, 5.74) is 7.05. The van der Waals surface area contributed by atoms with Crippen molar-refractivity contribution in [2.75, 3.05) is 0 Å². The second kappa shape index (κ2) is 5.68. The van der Waals surface area contributed by atoms with Crippen LogP contribution in [0.2, 0.25) is 0 Å². The molecule has 5 heteroatoms. The Kier molecular flexibility index (Phi) is 4.80. The van der Waals surface area contributed by atoms with Crippen LogP contribution in [0, 0.1) is 0 Å². The van der Waals surface area contributed by atoms with Gasteiger partial charge < -0.3 is 5.73 Å². The van der Waals surface area contributed by atoms with Gasteiger partial charge in [-0.05, 0) is 36.3 Å². The Morgan fingerprint density at radius 1 is 1.44 bits per heavy atom. The summed E-state index contributed by atoms with van der Waals surface area (Å²) < 4.78 is 35.9. The molecule has 1 rings (SSSR count). The highest BCUT2D eigenvalue weighted by Crippen LogP contribution is 2.29. The molecule has 0 saturated heterocycles. The maximum atomic E-state index is 12.0. The van der Waals surface area contributed by atoms with Crippen LogP contribution in [0.25, 0.3) is 0 Å². The summed E-state index contributed by atoms with van der Waals surface area (Å²) in [6, 6.07) is 1.74. The molecule has 0 spiro atoms. The molecule has 0 aliphatic heterocycles. The predicted molar refractivity (Wildman–Crippen MR) is 60.5 cm³/mol. The van der Waals surface area contributed by atoms with Gasteiger partial charge in [0.25, 0.3) is 0 Å². The van der Waals surface area contributed by atoms with Crippen molar-refractivity contribution in [3.63, 3.8) is 0 Å². The van der Waals surface area contributed by atoms with Crippen molar-refractivity contribution in [2.24, 2.45) is 5.73 Å². The van der Waals surface area contributed by atoms with Crippen LogP contribution >= 0.6 is 11.3 Å². The third-order valence-corrected chi connectivity index (χ3v) is 3.56. The molecule has 0 radical (unpaired) electrons. The lowest BCUT2D eigenvalue weighted by atomic mass is 10.0. The highest BCUT2D eigenvalue weighted by Gasteiger charge is 2.26.